The second-order valence-corrected chi connectivity index (χ2v) is 7.99. The molecule has 162 valence electrons. The number of benzene rings is 3. The van der Waals surface area contributed by atoms with Crippen molar-refractivity contribution >= 4 is 17.5 Å². The third-order valence-corrected chi connectivity index (χ3v) is 5.04. The number of hydrogen-bond acceptors (Lipinski definition) is 3. The number of aryl methyl sites for hydroxylation is 1. The summed E-state index contributed by atoms with van der Waals surface area (Å²) in [6, 6.07) is 22.8. The summed E-state index contributed by atoms with van der Waals surface area (Å²) in [5, 5.41) is 3.64. The van der Waals surface area contributed by atoms with Crippen LogP contribution in [0.2, 0.25) is 5.02 Å². The second-order valence-electron chi connectivity index (χ2n) is 7.58. The van der Waals surface area contributed by atoms with E-state index < -0.39 is 0 Å². The molecule has 3 aromatic carbocycles. The molecular formula is C26H28ClNO3. The zero-order valence-electron chi connectivity index (χ0n) is 17.9. The molecular weight excluding hydrogens is 410 g/mol. The third-order valence-electron chi connectivity index (χ3n) is 4.67. The molecule has 0 saturated heterocycles. The van der Waals surface area contributed by atoms with Crippen LogP contribution in [0.15, 0.2) is 72.8 Å². The summed E-state index contributed by atoms with van der Waals surface area (Å²) in [5.41, 5.74) is 2.70. The highest BCUT2D eigenvalue weighted by Crippen LogP contribution is 2.19. The van der Waals surface area contributed by atoms with Crippen molar-refractivity contribution in [1.29, 1.82) is 0 Å². The van der Waals surface area contributed by atoms with E-state index in [1.165, 1.54) is 5.56 Å². The van der Waals surface area contributed by atoms with Crippen LogP contribution >= 0.6 is 11.6 Å². The van der Waals surface area contributed by atoms with E-state index in [0.717, 1.165) is 24.2 Å². The van der Waals surface area contributed by atoms with Gasteiger partial charge in [-0.05, 0) is 68.7 Å². The maximum absolute atomic E-state index is 12.5. The van der Waals surface area contributed by atoms with Gasteiger partial charge in [0.1, 0.15) is 18.1 Å². The lowest BCUT2D eigenvalue weighted by Gasteiger charge is -2.11. The molecule has 5 heteroatoms. The number of amides is 1. The number of halogens is 1. The summed E-state index contributed by atoms with van der Waals surface area (Å²) < 4.78 is 11.5. The first kappa shape index (κ1) is 22.7. The summed E-state index contributed by atoms with van der Waals surface area (Å²) in [6.45, 7) is 4.98. The zero-order chi connectivity index (χ0) is 22.1. The maximum Gasteiger partial charge on any atom is 0.251 e. The van der Waals surface area contributed by atoms with Crippen LogP contribution in [-0.2, 0) is 13.0 Å². The van der Waals surface area contributed by atoms with Gasteiger partial charge in [0.05, 0.1) is 6.10 Å². The molecule has 3 rings (SSSR count). The Balaban J connectivity index is 1.44. The lowest BCUT2D eigenvalue weighted by Crippen LogP contribution is -2.24. The Morgan fingerprint density at radius 3 is 2.48 bits per heavy atom. The van der Waals surface area contributed by atoms with Gasteiger partial charge in [-0.15, -0.1) is 0 Å². The van der Waals surface area contributed by atoms with Crippen molar-refractivity contribution in [1.82, 2.24) is 5.32 Å². The number of carbonyl (C=O) groups is 1. The second kappa shape index (κ2) is 11.4. The minimum atomic E-state index is -0.108. The molecule has 0 radical (unpaired) electrons. The Bertz CT molecular complexity index is 986. The molecule has 1 N–H and O–H groups in total. The standard InChI is InChI=1S/C26H28ClNO3/c1-19(2)31-23-14-12-20(13-15-23)7-6-16-28-26(29)21-9-5-10-24(17-21)30-18-22-8-3-4-11-25(22)27/h3-5,8-15,17,19H,6-7,16,18H2,1-2H3,(H,28,29). The third kappa shape index (κ3) is 7.34. The van der Waals surface area contributed by atoms with E-state index in [4.69, 9.17) is 21.1 Å². The lowest BCUT2D eigenvalue weighted by atomic mass is 10.1. The number of hydrogen-bond donors (Lipinski definition) is 1. The van der Waals surface area contributed by atoms with Gasteiger partial charge in [-0.3, -0.25) is 4.79 Å². The molecule has 31 heavy (non-hydrogen) atoms. The first-order chi connectivity index (χ1) is 15.0. The van der Waals surface area contributed by atoms with Gasteiger partial charge in [0.15, 0.2) is 0 Å². The Morgan fingerprint density at radius 2 is 1.74 bits per heavy atom. The minimum absolute atomic E-state index is 0.108. The van der Waals surface area contributed by atoms with Gasteiger partial charge >= 0.3 is 0 Å². The Morgan fingerprint density at radius 1 is 0.968 bits per heavy atom. The van der Waals surface area contributed by atoms with Crippen molar-refractivity contribution in [3.63, 3.8) is 0 Å². The monoisotopic (exact) mass is 437 g/mol. The topological polar surface area (TPSA) is 47.6 Å². The predicted octanol–water partition coefficient (Wildman–Crippen LogP) is 6.07. The van der Waals surface area contributed by atoms with Crippen molar-refractivity contribution in [2.75, 3.05) is 6.54 Å². The molecule has 0 atom stereocenters. The molecule has 0 heterocycles. The largest absolute Gasteiger partial charge is 0.491 e. The van der Waals surface area contributed by atoms with Gasteiger partial charge in [-0.25, -0.2) is 0 Å². The molecule has 0 aliphatic rings. The van der Waals surface area contributed by atoms with Gasteiger partial charge in [0, 0.05) is 22.7 Å². The molecule has 1 amide bonds. The summed E-state index contributed by atoms with van der Waals surface area (Å²) in [5.74, 6) is 1.41. The molecule has 3 aromatic rings. The Kier molecular flexibility index (Phi) is 8.36. The van der Waals surface area contributed by atoms with E-state index >= 15 is 0 Å². The van der Waals surface area contributed by atoms with E-state index in [2.05, 4.69) is 17.4 Å². The first-order valence-electron chi connectivity index (χ1n) is 10.5. The molecule has 0 spiro atoms. The van der Waals surface area contributed by atoms with Crippen LogP contribution in [-0.4, -0.2) is 18.6 Å². The van der Waals surface area contributed by atoms with Gasteiger partial charge in [-0.1, -0.05) is 48.0 Å². The summed E-state index contributed by atoms with van der Waals surface area (Å²) >= 11 is 6.16. The van der Waals surface area contributed by atoms with Crippen LogP contribution < -0.4 is 14.8 Å². The van der Waals surface area contributed by atoms with Gasteiger partial charge in [0.25, 0.3) is 5.91 Å². The normalized spacial score (nSPS) is 10.7. The number of ether oxygens (including phenoxy) is 2. The molecule has 0 fully saturated rings. The SMILES string of the molecule is CC(C)Oc1ccc(CCCNC(=O)c2cccc(OCc3ccccc3Cl)c2)cc1. The quantitative estimate of drug-likeness (QED) is 0.391. The van der Waals surface area contributed by atoms with Gasteiger partial charge < -0.3 is 14.8 Å². The zero-order valence-corrected chi connectivity index (χ0v) is 18.7. The van der Waals surface area contributed by atoms with E-state index in [0.29, 0.717) is 29.5 Å². The first-order valence-corrected chi connectivity index (χ1v) is 10.9. The lowest BCUT2D eigenvalue weighted by molar-refractivity contribution is 0.0952. The molecule has 0 aliphatic heterocycles. The van der Waals surface area contributed by atoms with Crippen molar-refractivity contribution in [3.05, 3.63) is 94.5 Å². The van der Waals surface area contributed by atoms with Crippen LogP contribution in [0.5, 0.6) is 11.5 Å². The van der Waals surface area contributed by atoms with Crippen molar-refractivity contribution in [2.45, 2.75) is 39.4 Å². The summed E-state index contributed by atoms with van der Waals surface area (Å²) in [6.07, 6.45) is 1.92. The molecule has 0 aromatic heterocycles. The van der Waals surface area contributed by atoms with Crippen LogP contribution in [0.3, 0.4) is 0 Å². The summed E-state index contributed by atoms with van der Waals surface area (Å²) in [4.78, 5) is 12.5. The van der Waals surface area contributed by atoms with E-state index in [1.54, 1.807) is 12.1 Å². The highest BCUT2D eigenvalue weighted by Gasteiger charge is 2.07. The average Bonchev–Trinajstić information content (AvgIpc) is 2.77. The average molecular weight is 438 g/mol. The van der Waals surface area contributed by atoms with Crippen molar-refractivity contribution in [3.8, 4) is 11.5 Å². The smallest absolute Gasteiger partial charge is 0.251 e. The predicted molar refractivity (Wildman–Crippen MR) is 125 cm³/mol. The van der Waals surface area contributed by atoms with Crippen molar-refractivity contribution in [2.24, 2.45) is 0 Å². The number of rotatable bonds is 10. The Hall–Kier alpha value is -2.98. The molecule has 4 nitrogen and oxygen atoms in total. The van der Waals surface area contributed by atoms with Crippen molar-refractivity contribution < 1.29 is 14.3 Å². The summed E-state index contributed by atoms with van der Waals surface area (Å²) in [7, 11) is 0. The minimum Gasteiger partial charge on any atom is -0.491 e. The van der Waals surface area contributed by atoms with Crippen LogP contribution in [0, 0.1) is 0 Å². The van der Waals surface area contributed by atoms with Crippen LogP contribution in [0.1, 0.15) is 41.8 Å². The maximum atomic E-state index is 12.5. The van der Waals surface area contributed by atoms with Crippen LogP contribution in [0.25, 0.3) is 0 Å². The van der Waals surface area contributed by atoms with Gasteiger partial charge in [-0.2, -0.15) is 0 Å². The highest BCUT2D eigenvalue weighted by atomic mass is 35.5. The molecule has 0 saturated carbocycles. The molecule has 0 bridgehead atoms. The van der Waals surface area contributed by atoms with Crippen LogP contribution in [0.4, 0.5) is 0 Å². The fourth-order valence-electron chi connectivity index (χ4n) is 3.11. The fourth-order valence-corrected chi connectivity index (χ4v) is 3.30. The van der Waals surface area contributed by atoms with Gasteiger partial charge in [0.2, 0.25) is 0 Å². The molecule has 0 unspecified atom stereocenters. The van der Waals surface area contributed by atoms with E-state index in [9.17, 15) is 4.79 Å². The van der Waals surface area contributed by atoms with E-state index in [1.807, 2.05) is 62.4 Å². The van der Waals surface area contributed by atoms with E-state index in [-0.39, 0.29) is 12.0 Å². The highest BCUT2D eigenvalue weighted by molar-refractivity contribution is 6.31. The fraction of sp³-hybridized carbons (Fsp3) is 0.269. The Labute approximate surface area is 189 Å². The molecule has 0 aliphatic carbocycles. The number of nitrogens with one attached hydrogen (secondary N) is 1. The number of carbonyl (C=O) groups excluding carboxylic acids is 1.